The molecule has 0 heterocycles. The fourth-order valence-electron chi connectivity index (χ4n) is 0.883. The second kappa shape index (κ2) is 3.40. The van der Waals surface area contributed by atoms with Crippen LogP contribution in [0.2, 0.25) is 0 Å². The van der Waals surface area contributed by atoms with Gasteiger partial charge < -0.3 is 5.32 Å². The summed E-state index contributed by atoms with van der Waals surface area (Å²) in [7, 11) is 0. The first kappa shape index (κ1) is 8.36. The third-order valence-corrected chi connectivity index (χ3v) is 1.29. The van der Waals surface area contributed by atoms with Crippen LogP contribution in [0.5, 0.6) is 0 Å². The van der Waals surface area contributed by atoms with Gasteiger partial charge in [0.25, 0.3) is 0 Å². The Bertz CT molecular complexity index is 108. The summed E-state index contributed by atoms with van der Waals surface area (Å²) in [5.41, 5.74) is 0.115. The maximum absolute atomic E-state index is 5.08. The third-order valence-electron chi connectivity index (χ3n) is 1.29. The van der Waals surface area contributed by atoms with E-state index in [1.54, 1.807) is 0 Å². The molecule has 0 atom stereocenters. The Hall–Kier alpha value is -0.640. The maximum atomic E-state index is 5.08. The lowest BCUT2D eigenvalue weighted by atomic mass is 10.00. The Morgan fingerprint density at radius 2 is 2.11 bits per heavy atom. The lowest BCUT2D eigenvalue weighted by Crippen LogP contribution is -2.35. The Labute approximate surface area is 57.8 Å². The monoisotopic (exact) mass is 125 g/mol. The highest BCUT2D eigenvalue weighted by Gasteiger charge is 2.12. The molecule has 1 N–H and O–H groups in total. The minimum absolute atomic E-state index is 0.115. The second-order valence-electron chi connectivity index (χ2n) is 2.90. The van der Waals surface area contributed by atoms with E-state index in [1.165, 1.54) is 6.42 Å². The van der Waals surface area contributed by atoms with Crippen LogP contribution in [0.15, 0.2) is 0 Å². The van der Waals surface area contributed by atoms with Gasteiger partial charge in [-0.3, -0.25) is 0 Å². The molecule has 0 radical (unpaired) electrons. The summed E-state index contributed by atoms with van der Waals surface area (Å²) in [5.74, 6) is 0. The van der Waals surface area contributed by atoms with Gasteiger partial charge in [-0.2, -0.15) is 0 Å². The van der Waals surface area contributed by atoms with Crippen molar-refractivity contribution in [3.8, 4) is 12.5 Å². The number of hydrogen-bond donors (Lipinski definition) is 1. The molecule has 0 fully saturated rings. The van der Waals surface area contributed by atoms with Crippen molar-refractivity contribution < 1.29 is 0 Å². The maximum Gasteiger partial charge on any atom is 0.0393 e. The van der Waals surface area contributed by atoms with E-state index in [4.69, 9.17) is 6.42 Å². The van der Waals surface area contributed by atoms with Gasteiger partial charge in [-0.25, -0.2) is 0 Å². The summed E-state index contributed by atoms with van der Waals surface area (Å²) in [4.78, 5) is 0. The fourth-order valence-corrected chi connectivity index (χ4v) is 0.883. The van der Waals surface area contributed by atoms with E-state index in [0.717, 1.165) is 6.42 Å². The molecule has 0 aromatic rings. The minimum atomic E-state index is 0.115. The highest BCUT2D eigenvalue weighted by Crippen LogP contribution is 2.08. The van der Waals surface area contributed by atoms with E-state index in [2.05, 4.69) is 32.1 Å². The summed E-state index contributed by atoms with van der Waals surface area (Å²) >= 11 is 0. The molecule has 0 saturated heterocycles. The first-order valence-corrected chi connectivity index (χ1v) is 3.35. The lowest BCUT2D eigenvalue weighted by Gasteiger charge is -2.22. The van der Waals surface area contributed by atoms with Gasteiger partial charge in [-0.1, -0.05) is 19.8 Å². The molecular weight excluding hydrogens is 110 g/mol. The Kier molecular flexibility index (Phi) is 3.16. The van der Waals surface area contributed by atoms with Gasteiger partial charge >= 0.3 is 0 Å². The molecule has 1 heteroatoms. The molecule has 0 aliphatic carbocycles. The van der Waals surface area contributed by atoms with E-state index in [9.17, 15) is 0 Å². The average molecular weight is 125 g/mol. The average Bonchev–Trinajstić information content (AvgIpc) is 1.64. The van der Waals surface area contributed by atoms with Crippen LogP contribution < -0.4 is 5.32 Å². The van der Waals surface area contributed by atoms with Gasteiger partial charge in [0.2, 0.25) is 0 Å². The zero-order chi connectivity index (χ0) is 7.33. The summed E-state index contributed by atoms with van der Waals surface area (Å²) in [6, 6.07) is 2.44. The van der Waals surface area contributed by atoms with Crippen LogP contribution >= 0.6 is 0 Å². The molecule has 52 valence electrons. The summed E-state index contributed by atoms with van der Waals surface area (Å²) in [5, 5.41) is 2.95. The van der Waals surface area contributed by atoms with Gasteiger partial charge in [0.15, 0.2) is 0 Å². The van der Waals surface area contributed by atoms with Crippen LogP contribution in [0.3, 0.4) is 0 Å². The zero-order valence-electron chi connectivity index (χ0n) is 6.49. The second-order valence-corrected chi connectivity index (χ2v) is 2.90. The van der Waals surface area contributed by atoms with Gasteiger partial charge in [0.1, 0.15) is 0 Å². The Balaban J connectivity index is 3.59. The van der Waals surface area contributed by atoms with Crippen molar-refractivity contribution in [3.05, 3.63) is 0 Å². The number of hydrogen-bond acceptors (Lipinski definition) is 1. The quantitative estimate of drug-likeness (QED) is 0.447. The SMILES string of the molecule is C#CNC(C)(C)CCC. The van der Waals surface area contributed by atoms with Crippen LogP contribution in [0.1, 0.15) is 33.6 Å². The number of terminal acetylenes is 1. The largest absolute Gasteiger partial charge is 0.341 e. The standard InChI is InChI=1S/C8H15N/c1-5-7-8(3,4)9-6-2/h2,9H,5,7H2,1,3-4H3. The molecule has 0 saturated carbocycles. The molecule has 0 aromatic heterocycles. The van der Waals surface area contributed by atoms with Crippen molar-refractivity contribution in [1.29, 1.82) is 0 Å². The van der Waals surface area contributed by atoms with Crippen molar-refractivity contribution >= 4 is 0 Å². The molecule has 0 spiro atoms. The van der Waals surface area contributed by atoms with Crippen LogP contribution in [-0.2, 0) is 0 Å². The summed E-state index contributed by atoms with van der Waals surface area (Å²) < 4.78 is 0. The van der Waals surface area contributed by atoms with Crippen LogP contribution in [0.4, 0.5) is 0 Å². The lowest BCUT2D eigenvalue weighted by molar-refractivity contribution is 0.414. The van der Waals surface area contributed by atoms with Gasteiger partial charge in [0.05, 0.1) is 0 Å². The van der Waals surface area contributed by atoms with E-state index in [1.807, 2.05) is 0 Å². The molecule has 9 heavy (non-hydrogen) atoms. The molecule has 0 aliphatic heterocycles. The Morgan fingerprint density at radius 1 is 1.56 bits per heavy atom. The highest BCUT2D eigenvalue weighted by molar-refractivity contribution is 4.90. The summed E-state index contributed by atoms with van der Waals surface area (Å²) in [6.07, 6.45) is 7.37. The fraction of sp³-hybridized carbons (Fsp3) is 0.750. The van der Waals surface area contributed by atoms with Gasteiger partial charge in [-0.05, 0) is 20.3 Å². The normalized spacial score (nSPS) is 10.4. The van der Waals surface area contributed by atoms with E-state index in [0.29, 0.717) is 0 Å². The molecular formula is C8H15N. The zero-order valence-corrected chi connectivity index (χ0v) is 6.49. The van der Waals surface area contributed by atoms with Gasteiger partial charge in [0, 0.05) is 11.6 Å². The van der Waals surface area contributed by atoms with Crippen molar-refractivity contribution in [2.24, 2.45) is 0 Å². The molecule has 0 aromatic carbocycles. The van der Waals surface area contributed by atoms with Crippen LogP contribution in [0, 0.1) is 12.5 Å². The van der Waals surface area contributed by atoms with Gasteiger partial charge in [-0.15, -0.1) is 0 Å². The predicted octanol–water partition coefficient (Wildman–Crippen LogP) is 1.75. The number of rotatable bonds is 3. The van der Waals surface area contributed by atoms with Crippen LogP contribution in [0.25, 0.3) is 0 Å². The molecule has 0 bridgehead atoms. The van der Waals surface area contributed by atoms with Crippen molar-refractivity contribution in [2.75, 3.05) is 0 Å². The molecule has 0 rings (SSSR count). The van der Waals surface area contributed by atoms with E-state index >= 15 is 0 Å². The first-order valence-electron chi connectivity index (χ1n) is 3.35. The molecule has 0 unspecified atom stereocenters. The van der Waals surface area contributed by atoms with Crippen LogP contribution in [-0.4, -0.2) is 5.54 Å². The van der Waals surface area contributed by atoms with E-state index in [-0.39, 0.29) is 5.54 Å². The number of nitrogens with one attached hydrogen (secondary N) is 1. The highest BCUT2D eigenvalue weighted by atomic mass is 14.9. The Morgan fingerprint density at radius 3 is 2.44 bits per heavy atom. The minimum Gasteiger partial charge on any atom is -0.341 e. The smallest absolute Gasteiger partial charge is 0.0393 e. The van der Waals surface area contributed by atoms with Crippen molar-refractivity contribution in [2.45, 2.75) is 39.2 Å². The molecule has 0 aliphatic rings. The van der Waals surface area contributed by atoms with Crippen molar-refractivity contribution in [1.82, 2.24) is 5.32 Å². The van der Waals surface area contributed by atoms with Crippen molar-refractivity contribution in [3.63, 3.8) is 0 Å². The molecule has 0 amide bonds. The topological polar surface area (TPSA) is 12.0 Å². The summed E-state index contributed by atoms with van der Waals surface area (Å²) in [6.45, 7) is 6.37. The van der Waals surface area contributed by atoms with E-state index < -0.39 is 0 Å². The third kappa shape index (κ3) is 3.90. The predicted molar refractivity (Wildman–Crippen MR) is 41.0 cm³/mol. The first-order chi connectivity index (χ1) is 4.12. The molecule has 1 nitrogen and oxygen atoms in total.